The molecule has 0 saturated heterocycles. The van der Waals surface area contributed by atoms with Crippen LogP contribution in [-0.4, -0.2) is 9.59 Å². The minimum absolute atomic E-state index is 0.116. The molecule has 1 heterocycles. The summed E-state index contributed by atoms with van der Waals surface area (Å²) in [7, 11) is 0. The van der Waals surface area contributed by atoms with Crippen LogP contribution in [0.15, 0.2) is 18.2 Å². The van der Waals surface area contributed by atoms with Crippen molar-refractivity contribution in [1.29, 1.82) is 0 Å². The average Bonchev–Trinajstić information content (AvgIpc) is 2.83. The number of benzene rings is 1. The molecule has 6 heteroatoms. The van der Waals surface area contributed by atoms with Crippen LogP contribution in [0.25, 0.3) is 0 Å². The van der Waals surface area contributed by atoms with Crippen molar-refractivity contribution in [2.75, 3.05) is 0 Å². The minimum atomic E-state index is -0.116. The Morgan fingerprint density at radius 2 is 2.00 bits per heavy atom. The first-order valence-electron chi connectivity index (χ1n) is 6.00. The van der Waals surface area contributed by atoms with Crippen molar-refractivity contribution in [3.63, 3.8) is 0 Å². The Labute approximate surface area is 126 Å². The molecule has 0 aliphatic rings. The quantitative estimate of drug-likeness (QED) is 0.919. The lowest BCUT2D eigenvalue weighted by Gasteiger charge is -2.12. The van der Waals surface area contributed by atoms with Crippen molar-refractivity contribution in [2.24, 2.45) is 5.73 Å². The molecule has 0 spiro atoms. The van der Waals surface area contributed by atoms with Crippen LogP contribution in [0.5, 0.6) is 0 Å². The molecule has 1 aromatic heterocycles. The van der Waals surface area contributed by atoms with Crippen LogP contribution in [0.3, 0.4) is 0 Å². The minimum Gasteiger partial charge on any atom is -0.323 e. The molecule has 1 unspecified atom stereocenters. The summed E-state index contributed by atoms with van der Waals surface area (Å²) in [6, 6.07) is 5.47. The molecule has 3 nitrogen and oxygen atoms in total. The van der Waals surface area contributed by atoms with Gasteiger partial charge in [0.1, 0.15) is 0 Å². The van der Waals surface area contributed by atoms with E-state index in [0.29, 0.717) is 22.4 Å². The predicted molar refractivity (Wildman–Crippen MR) is 81.1 cm³/mol. The molecular weight excluding hydrogens is 301 g/mol. The highest BCUT2D eigenvalue weighted by atomic mass is 35.5. The van der Waals surface area contributed by atoms with Crippen LogP contribution < -0.4 is 5.73 Å². The number of hydrogen-bond donors (Lipinski definition) is 1. The highest BCUT2D eigenvalue weighted by Crippen LogP contribution is 2.29. The summed E-state index contributed by atoms with van der Waals surface area (Å²) in [5.41, 5.74) is 8.30. The summed E-state index contributed by atoms with van der Waals surface area (Å²) in [5, 5.41) is 5.26. The summed E-state index contributed by atoms with van der Waals surface area (Å²) in [6.07, 6.45) is 0.695. The molecule has 1 atom stereocenters. The number of hydrogen-bond acceptors (Lipinski definition) is 4. The fraction of sp³-hybridized carbons (Fsp3) is 0.385. The van der Waals surface area contributed by atoms with Gasteiger partial charge < -0.3 is 5.73 Å². The Kier molecular flexibility index (Phi) is 4.79. The lowest BCUT2D eigenvalue weighted by molar-refractivity contribution is 0.701. The number of nitrogens with two attached hydrogens (primary N) is 1. The number of nitrogens with zero attached hydrogens (tertiary/aromatic N) is 2. The highest BCUT2D eigenvalue weighted by molar-refractivity contribution is 7.05. The van der Waals surface area contributed by atoms with Gasteiger partial charge in [-0.1, -0.05) is 47.6 Å². The molecule has 0 aliphatic heterocycles. The SMILES string of the molecule is CC(C)c1nnsc1C(N)Cc1ccc(Cl)c(Cl)c1. The monoisotopic (exact) mass is 315 g/mol. The van der Waals surface area contributed by atoms with E-state index >= 15 is 0 Å². The maximum absolute atomic E-state index is 6.25. The van der Waals surface area contributed by atoms with E-state index in [9.17, 15) is 0 Å². The summed E-state index contributed by atoms with van der Waals surface area (Å²) in [5.74, 6) is 0.327. The molecule has 0 aliphatic carbocycles. The van der Waals surface area contributed by atoms with E-state index in [-0.39, 0.29) is 6.04 Å². The van der Waals surface area contributed by atoms with E-state index in [1.165, 1.54) is 11.5 Å². The summed E-state index contributed by atoms with van der Waals surface area (Å²) in [4.78, 5) is 1.04. The van der Waals surface area contributed by atoms with Gasteiger partial charge in [0.05, 0.1) is 20.6 Å². The van der Waals surface area contributed by atoms with Crippen molar-refractivity contribution in [3.05, 3.63) is 44.4 Å². The van der Waals surface area contributed by atoms with Crippen LogP contribution in [0.2, 0.25) is 10.0 Å². The van der Waals surface area contributed by atoms with E-state index in [0.717, 1.165) is 16.1 Å². The van der Waals surface area contributed by atoms with Gasteiger partial charge in [0, 0.05) is 6.04 Å². The molecule has 1 aromatic carbocycles. The highest BCUT2D eigenvalue weighted by Gasteiger charge is 2.18. The Morgan fingerprint density at radius 1 is 1.26 bits per heavy atom. The summed E-state index contributed by atoms with van der Waals surface area (Å²) >= 11 is 13.3. The van der Waals surface area contributed by atoms with Crippen LogP contribution >= 0.6 is 34.7 Å². The van der Waals surface area contributed by atoms with Gasteiger partial charge in [-0.25, -0.2) is 0 Å². The lowest BCUT2D eigenvalue weighted by atomic mass is 10.0. The third kappa shape index (κ3) is 3.45. The molecule has 0 bridgehead atoms. The second kappa shape index (κ2) is 6.18. The molecular formula is C13H15Cl2N3S. The third-order valence-electron chi connectivity index (χ3n) is 2.86. The second-order valence-corrected chi connectivity index (χ2v) is 6.34. The van der Waals surface area contributed by atoms with Gasteiger partial charge in [-0.15, -0.1) is 5.10 Å². The van der Waals surface area contributed by atoms with Crippen LogP contribution in [0.1, 0.15) is 41.9 Å². The zero-order valence-electron chi connectivity index (χ0n) is 10.7. The van der Waals surface area contributed by atoms with E-state index in [1.807, 2.05) is 12.1 Å². The molecule has 2 rings (SSSR count). The first-order chi connectivity index (χ1) is 8.99. The molecule has 2 N–H and O–H groups in total. The molecule has 2 aromatic rings. The Balaban J connectivity index is 2.18. The van der Waals surface area contributed by atoms with Crippen molar-refractivity contribution >= 4 is 34.7 Å². The van der Waals surface area contributed by atoms with E-state index in [4.69, 9.17) is 28.9 Å². The summed E-state index contributed by atoms with van der Waals surface area (Å²) in [6.45, 7) is 4.18. The Morgan fingerprint density at radius 3 is 2.63 bits per heavy atom. The molecule has 102 valence electrons. The maximum Gasteiger partial charge on any atom is 0.0829 e. The standard InChI is InChI=1S/C13H15Cl2N3S/c1-7(2)12-13(19-18-17-12)11(16)6-8-3-4-9(14)10(15)5-8/h3-5,7,11H,6,16H2,1-2H3. The topological polar surface area (TPSA) is 51.8 Å². The van der Waals surface area contributed by atoms with E-state index in [1.54, 1.807) is 6.07 Å². The van der Waals surface area contributed by atoms with Crippen molar-refractivity contribution in [1.82, 2.24) is 9.59 Å². The zero-order valence-corrected chi connectivity index (χ0v) is 13.1. The van der Waals surface area contributed by atoms with Gasteiger partial charge in [0.2, 0.25) is 0 Å². The van der Waals surface area contributed by atoms with Crippen LogP contribution in [0, 0.1) is 0 Å². The Hall–Kier alpha value is -0.680. The first-order valence-corrected chi connectivity index (χ1v) is 7.53. The van der Waals surface area contributed by atoms with Crippen molar-refractivity contribution in [3.8, 4) is 0 Å². The van der Waals surface area contributed by atoms with Gasteiger partial charge >= 0.3 is 0 Å². The fourth-order valence-electron chi connectivity index (χ4n) is 1.88. The second-order valence-electron chi connectivity index (χ2n) is 4.74. The van der Waals surface area contributed by atoms with E-state index < -0.39 is 0 Å². The third-order valence-corrected chi connectivity index (χ3v) is 4.47. The largest absolute Gasteiger partial charge is 0.323 e. The molecule has 0 radical (unpaired) electrons. The number of halogens is 2. The van der Waals surface area contributed by atoms with Crippen molar-refractivity contribution < 1.29 is 0 Å². The smallest absolute Gasteiger partial charge is 0.0829 e. The van der Waals surface area contributed by atoms with Gasteiger partial charge in [-0.05, 0) is 41.6 Å². The van der Waals surface area contributed by atoms with Gasteiger partial charge in [0.15, 0.2) is 0 Å². The fourth-order valence-corrected chi connectivity index (χ4v) is 3.00. The molecule has 19 heavy (non-hydrogen) atoms. The Bertz CT molecular complexity index is 569. The lowest BCUT2D eigenvalue weighted by Crippen LogP contribution is -2.14. The summed E-state index contributed by atoms with van der Waals surface area (Å²) < 4.78 is 4.00. The maximum atomic E-state index is 6.25. The normalized spacial score (nSPS) is 12.9. The predicted octanol–water partition coefficient (Wildman–Crippen LogP) is 4.21. The average molecular weight is 316 g/mol. The molecule has 0 amide bonds. The molecule has 0 fully saturated rings. The van der Waals surface area contributed by atoms with Crippen LogP contribution in [0.4, 0.5) is 0 Å². The number of rotatable bonds is 4. The van der Waals surface area contributed by atoms with Gasteiger partial charge in [-0.2, -0.15) is 0 Å². The zero-order chi connectivity index (χ0) is 14.0. The first kappa shape index (κ1) is 14.7. The van der Waals surface area contributed by atoms with Gasteiger partial charge in [0.25, 0.3) is 0 Å². The van der Waals surface area contributed by atoms with E-state index in [2.05, 4.69) is 23.4 Å². The van der Waals surface area contributed by atoms with Crippen molar-refractivity contribution in [2.45, 2.75) is 32.2 Å². The van der Waals surface area contributed by atoms with Crippen LogP contribution in [-0.2, 0) is 6.42 Å². The number of aromatic nitrogens is 2. The van der Waals surface area contributed by atoms with Gasteiger partial charge in [-0.3, -0.25) is 0 Å². The molecule has 0 saturated carbocycles.